The van der Waals surface area contributed by atoms with E-state index in [2.05, 4.69) is 15.8 Å². The first kappa shape index (κ1) is 21.6. The van der Waals surface area contributed by atoms with Crippen molar-refractivity contribution in [3.8, 4) is 0 Å². The van der Waals surface area contributed by atoms with Crippen LogP contribution < -0.4 is 10.7 Å². The Balaban J connectivity index is 0.00000280. The molecular weight excluding hydrogens is 408 g/mol. The largest absolute Gasteiger partial charge is 0.477 e. The molecule has 2 aliphatic rings. The van der Waals surface area contributed by atoms with Crippen molar-refractivity contribution >= 4 is 53.0 Å². The summed E-state index contributed by atoms with van der Waals surface area (Å²) in [6, 6.07) is 2.92. The minimum atomic E-state index is -1.26. The molecule has 28 heavy (non-hydrogen) atoms. The normalized spacial score (nSPS) is 20.9. The molecule has 0 aromatic carbocycles. The molecule has 1 aromatic heterocycles. The van der Waals surface area contributed by atoms with Crippen molar-refractivity contribution in [3.63, 3.8) is 0 Å². The molecule has 12 heteroatoms. The zero-order valence-corrected chi connectivity index (χ0v) is 16.3. The van der Waals surface area contributed by atoms with Gasteiger partial charge in [-0.3, -0.25) is 19.3 Å². The number of β-lactam (4-membered cyclic amide) rings is 1. The van der Waals surface area contributed by atoms with Gasteiger partial charge in [0.2, 0.25) is 11.8 Å². The second-order valence-corrected chi connectivity index (χ2v) is 7.95. The molecule has 10 nitrogen and oxygen atoms in total. The van der Waals surface area contributed by atoms with Gasteiger partial charge < -0.3 is 15.9 Å². The molecule has 1 fully saturated rings. The molecule has 0 aliphatic carbocycles. The third kappa shape index (κ3) is 4.40. The van der Waals surface area contributed by atoms with Crippen molar-refractivity contribution in [1.29, 1.82) is 0 Å². The summed E-state index contributed by atoms with van der Waals surface area (Å²) >= 11 is 2.78. The van der Waals surface area contributed by atoms with E-state index in [1.54, 1.807) is 0 Å². The van der Waals surface area contributed by atoms with Gasteiger partial charge in [0.05, 0.1) is 12.6 Å². The van der Waals surface area contributed by atoms with Crippen LogP contribution in [0.2, 0.25) is 0 Å². The summed E-state index contributed by atoms with van der Waals surface area (Å²) in [5, 5.41) is 17.3. The minimum absolute atomic E-state index is 0. The first-order chi connectivity index (χ1) is 12.9. The van der Waals surface area contributed by atoms with Crippen LogP contribution in [-0.2, 0) is 25.6 Å². The van der Waals surface area contributed by atoms with Gasteiger partial charge in [0.15, 0.2) is 0 Å². The van der Waals surface area contributed by atoms with Crippen molar-refractivity contribution in [2.24, 2.45) is 5.10 Å². The van der Waals surface area contributed by atoms with E-state index in [1.165, 1.54) is 36.2 Å². The number of hydrazone groups is 1. The van der Waals surface area contributed by atoms with Gasteiger partial charge >= 0.3 is 5.97 Å². The van der Waals surface area contributed by atoms with Gasteiger partial charge in [0, 0.05) is 23.1 Å². The molecule has 0 radical (unpaired) electrons. The van der Waals surface area contributed by atoms with E-state index < -0.39 is 29.2 Å². The quantitative estimate of drug-likeness (QED) is 0.311. The van der Waals surface area contributed by atoms with E-state index in [0.717, 1.165) is 9.78 Å². The second-order valence-electron chi connectivity index (χ2n) is 5.82. The Kier molecular flexibility index (Phi) is 6.94. The maximum Gasteiger partial charge on any atom is 0.353 e. The minimum Gasteiger partial charge on any atom is -0.477 e. The van der Waals surface area contributed by atoms with Crippen molar-refractivity contribution in [2.75, 3.05) is 5.75 Å². The van der Waals surface area contributed by atoms with Crippen LogP contribution in [0, 0.1) is 0 Å². The average molecular weight is 426 g/mol. The number of carboxylic acids is 1. The Labute approximate surface area is 168 Å². The number of carbonyl (C=O) groups is 4. The Morgan fingerprint density at radius 2 is 2.18 bits per heavy atom. The van der Waals surface area contributed by atoms with Crippen LogP contribution in [0.15, 0.2) is 33.9 Å². The van der Waals surface area contributed by atoms with E-state index in [9.17, 15) is 24.3 Å². The lowest BCUT2D eigenvalue weighted by Gasteiger charge is -2.49. The Hall–Kier alpha value is -2.70. The van der Waals surface area contributed by atoms with Crippen molar-refractivity contribution < 1.29 is 29.8 Å². The van der Waals surface area contributed by atoms with E-state index >= 15 is 0 Å². The molecule has 1 aromatic rings. The number of amides is 3. The summed E-state index contributed by atoms with van der Waals surface area (Å²) in [4.78, 5) is 49.2. The molecule has 2 atom stereocenters. The number of nitrogens with one attached hydrogen (secondary N) is 2. The molecule has 2 aliphatic heterocycles. The lowest BCUT2D eigenvalue weighted by atomic mass is 10.0. The smallest absolute Gasteiger partial charge is 0.353 e. The number of rotatable bonds is 6. The summed E-state index contributed by atoms with van der Waals surface area (Å²) in [7, 11) is 0. The van der Waals surface area contributed by atoms with E-state index in [-0.39, 0.29) is 29.3 Å². The number of thioether (sulfide) groups is 1. The molecule has 0 bridgehead atoms. The topological polar surface area (TPSA) is 160 Å². The highest BCUT2D eigenvalue weighted by Crippen LogP contribution is 2.39. The predicted octanol–water partition coefficient (Wildman–Crippen LogP) is -0.674. The standard InChI is InChI=1S/C16H16N4O5S2.H2O/c1-8(21)19-17-6-9-7-27-15-12(14(23)20(15)13(9)16(24)25)18-11(22)5-10-3-2-4-26-10;/h2-4,6,12,15H,5,7H2,1H3,(H,18,22)(H,19,21)(H,24,25);1H2/t12?,15-;/m0./s1. The molecule has 3 heterocycles. The van der Waals surface area contributed by atoms with Crippen LogP contribution in [0.5, 0.6) is 0 Å². The Morgan fingerprint density at radius 1 is 1.43 bits per heavy atom. The monoisotopic (exact) mass is 426 g/mol. The number of nitrogens with zero attached hydrogens (tertiary/aromatic N) is 2. The zero-order valence-electron chi connectivity index (χ0n) is 14.7. The Morgan fingerprint density at radius 3 is 2.79 bits per heavy atom. The summed E-state index contributed by atoms with van der Waals surface area (Å²) in [6.07, 6.45) is 1.40. The molecule has 3 amide bonds. The fraction of sp³-hybridized carbons (Fsp3) is 0.312. The van der Waals surface area contributed by atoms with E-state index in [4.69, 9.17) is 0 Å². The second kappa shape index (κ2) is 8.99. The summed E-state index contributed by atoms with van der Waals surface area (Å²) < 4.78 is 0. The summed E-state index contributed by atoms with van der Waals surface area (Å²) in [5.74, 6) is -2.12. The van der Waals surface area contributed by atoms with Gasteiger partial charge in [0.25, 0.3) is 5.91 Å². The fourth-order valence-corrected chi connectivity index (χ4v) is 4.74. The highest BCUT2D eigenvalue weighted by Gasteiger charge is 2.54. The van der Waals surface area contributed by atoms with Gasteiger partial charge in [-0.15, -0.1) is 23.1 Å². The highest BCUT2D eigenvalue weighted by atomic mass is 32.2. The first-order valence-electron chi connectivity index (χ1n) is 7.91. The van der Waals surface area contributed by atoms with Crippen LogP contribution in [-0.4, -0.2) is 62.6 Å². The third-order valence-electron chi connectivity index (χ3n) is 3.87. The average Bonchev–Trinajstić information content (AvgIpc) is 3.11. The molecule has 3 rings (SSSR count). The number of thiophene rings is 1. The lowest BCUT2D eigenvalue weighted by Crippen LogP contribution is -2.70. The highest BCUT2D eigenvalue weighted by molar-refractivity contribution is 8.00. The van der Waals surface area contributed by atoms with Gasteiger partial charge in [-0.05, 0) is 11.4 Å². The van der Waals surface area contributed by atoms with E-state index in [1.807, 2.05) is 17.5 Å². The van der Waals surface area contributed by atoms with Crippen LogP contribution in [0.1, 0.15) is 11.8 Å². The van der Waals surface area contributed by atoms with Crippen LogP contribution in [0.4, 0.5) is 0 Å². The Bertz CT molecular complexity index is 851. The molecule has 0 spiro atoms. The first-order valence-corrected chi connectivity index (χ1v) is 9.84. The predicted molar refractivity (Wildman–Crippen MR) is 104 cm³/mol. The molecule has 1 saturated heterocycles. The van der Waals surface area contributed by atoms with Crippen LogP contribution >= 0.6 is 23.1 Å². The maximum atomic E-state index is 12.5. The van der Waals surface area contributed by atoms with Crippen LogP contribution in [0.3, 0.4) is 0 Å². The van der Waals surface area contributed by atoms with Crippen molar-refractivity contribution in [1.82, 2.24) is 15.6 Å². The summed E-state index contributed by atoms with van der Waals surface area (Å²) in [6.45, 7) is 1.28. The van der Waals surface area contributed by atoms with Gasteiger partial charge in [0.1, 0.15) is 17.1 Å². The molecule has 1 unspecified atom stereocenters. The number of fused-ring (bicyclic) bond motifs is 1. The third-order valence-corrected chi connectivity index (χ3v) is 6.05. The lowest BCUT2D eigenvalue weighted by molar-refractivity contribution is -0.150. The van der Waals surface area contributed by atoms with Crippen molar-refractivity contribution in [2.45, 2.75) is 24.8 Å². The number of carbonyl (C=O) groups excluding carboxylic acids is 3. The SMILES string of the molecule is CC(=O)NN=CC1=C(C(=O)O)N2C(=O)C(NC(=O)Cc3cccs3)[C@@H]2SC1.O. The molecule has 0 saturated carbocycles. The molecule has 5 N–H and O–H groups in total. The van der Waals surface area contributed by atoms with Crippen LogP contribution in [0.25, 0.3) is 0 Å². The van der Waals surface area contributed by atoms with Crippen molar-refractivity contribution in [3.05, 3.63) is 33.7 Å². The number of carboxylic acid groups (broad SMARTS) is 1. The summed E-state index contributed by atoms with van der Waals surface area (Å²) in [5.41, 5.74) is 2.33. The van der Waals surface area contributed by atoms with E-state index in [0.29, 0.717) is 5.57 Å². The zero-order chi connectivity index (χ0) is 19.6. The number of hydrogen-bond acceptors (Lipinski definition) is 7. The number of aliphatic carboxylic acids is 1. The number of hydrogen-bond donors (Lipinski definition) is 3. The molecule has 150 valence electrons. The fourth-order valence-electron chi connectivity index (χ4n) is 2.74. The molecular formula is C16H18N4O6S2. The van der Waals surface area contributed by atoms with Gasteiger partial charge in [-0.25, -0.2) is 10.2 Å². The van der Waals surface area contributed by atoms with Gasteiger partial charge in [-0.2, -0.15) is 5.10 Å². The maximum absolute atomic E-state index is 12.5. The van der Waals surface area contributed by atoms with Gasteiger partial charge in [-0.1, -0.05) is 6.07 Å².